The van der Waals surface area contributed by atoms with Crippen LogP contribution >= 0.6 is 0 Å². The van der Waals surface area contributed by atoms with Gasteiger partial charge in [0.1, 0.15) is 29.5 Å². The fourth-order valence-corrected chi connectivity index (χ4v) is 9.28. The molecule has 2 heterocycles. The van der Waals surface area contributed by atoms with Gasteiger partial charge in [-0.25, -0.2) is 9.97 Å². The summed E-state index contributed by atoms with van der Waals surface area (Å²) in [6, 6.07) is -3.92. The van der Waals surface area contributed by atoms with Crippen molar-refractivity contribution in [3.05, 3.63) is 23.8 Å². The van der Waals surface area contributed by atoms with Crippen molar-refractivity contribution in [2.45, 2.75) is 173 Å². The Balaban J connectivity index is 1.26. The summed E-state index contributed by atoms with van der Waals surface area (Å²) in [6.45, 7) is 8.97. The molecule has 3 aliphatic carbocycles. The number of aromatic nitrogens is 2. The van der Waals surface area contributed by atoms with Crippen molar-refractivity contribution in [2.24, 2.45) is 28.9 Å². The first-order valence-electron chi connectivity index (χ1n) is 23.1. The lowest BCUT2D eigenvalue weighted by molar-refractivity contribution is -0.146. The van der Waals surface area contributed by atoms with Gasteiger partial charge in [0.05, 0.1) is 18.4 Å². The topological polar surface area (TPSA) is 235 Å². The number of ketones is 1. The number of Topliss-reactive ketones (excluding diaryl/α,β-unsaturated/α-hetero) is 1. The van der Waals surface area contributed by atoms with Crippen molar-refractivity contribution in [3.8, 4) is 0 Å². The van der Waals surface area contributed by atoms with Crippen LogP contribution in [0.4, 0.5) is 0 Å². The summed E-state index contributed by atoms with van der Waals surface area (Å²) >= 11 is 0. The molecule has 0 aromatic carbocycles. The molecule has 1 aliphatic heterocycles. The van der Waals surface area contributed by atoms with E-state index >= 15 is 0 Å². The van der Waals surface area contributed by atoms with E-state index in [2.05, 4.69) is 36.6 Å². The van der Waals surface area contributed by atoms with E-state index in [1.807, 2.05) is 27.7 Å². The Kier molecular flexibility index (Phi) is 17.6. The highest BCUT2D eigenvalue weighted by molar-refractivity contribution is 6.38. The van der Waals surface area contributed by atoms with Crippen LogP contribution in [0, 0.1) is 23.2 Å². The van der Waals surface area contributed by atoms with Gasteiger partial charge in [-0.05, 0) is 87.5 Å². The van der Waals surface area contributed by atoms with Gasteiger partial charge < -0.3 is 37.2 Å². The molecule has 1 aromatic rings. The molecule has 6 atom stereocenters. The second-order valence-electron chi connectivity index (χ2n) is 18.9. The molecule has 16 nitrogen and oxygen atoms in total. The van der Waals surface area contributed by atoms with Crippen molar-refractivity contribution >= 4 is 41.2 Å². The highest BCUT2D eigenvalue weighted by Crippen LogP contribution is 2.43. The third-order valence-corrected chi connectivity index (χ3v) is 12.9. The number of hydrogen-bond donors (Lipinski definition) is 6. The molecule has 338 valence electrons. The Morgan fingerprint density at radius 1 is 0.787 bits per heavy atom. The molecule has 5 rings (SSSR count). The SMILES string of the molecule is CCC[C@H](NC(=O)[C@@H]1C2CCC[C@H]2CN1C(=O)[C@@H](NC(=O)[C@@H](NC(=O)c1cnc(C(=O)NCCCCCCCCN)cn1)C1CCCCC1)C(C)(C)C)C(=O)C(=O)NC1CC1. The minimum atomic E-state index is -1.05. The lowest BCUT2D eigenvalue weighted by Crippen LogP contribution is -2.62. The average Bonchev–Trinajstić information content (AvgIpc) is 3.81. The van der Waals surface area contributed by atoms with Crippen LogP contribution < -0.4 is 32.3 Å². The second-order valence-corrected chi connectivity index (χ2v) is 18.9. The average molecular weight is 850 g/mol. The first-order chi connectivity index (χ1) is 29.2. The third-order valence-electron chi connectivity index (χ3n) is 12.9. The summed E-state index contributed by atoms with van der Waals surface area (Å²) in [5.41, 5.74) is 4.79. The Bertz CT molecular complexity index is 1690. The fraction of sp³-hybridized carbons (Fsp3) is 0.756. The van der Waals surface area contributed by atoms with Crippen molar-refractivity contribution in [1.82, 2.24) is 41.5 Å². The van der Waals surface area contributed by atoms with Crippen LogP contribution in [0.2, 0.25) is 0 Å². The molecule has 0 bridgehead atoms. The van der Waals surface area contributed by atoms with Crippen LogP contribution in [0.5, 0.6) is 0 Å². The molecular formula is C45H71N9O7. The van der Waals surface area contributed by atoms with Gasteiger partial charge in [-0.1, -0.05) is 85.5 Å². The molecule has 1 aromatic heterocycles. The van der Waals surface area contributed by atoms with Crippen LogP contribution in [-0.4, -0.2) is 106 Å². The van der Waals surface area contributed by atoms with Gasteiger partial charge >= 0.3 is 0 Å². The highest BCUT2D eigenvalue weighted by atomic mass is 16.2. The van der Waals surface area contributed by atoms with Gasteiger partial charge in [0, 0.05) is 19.1 Å². The maximum Gasteiger partial charge on any atom is 0.289 e. The number of fused-ring (bicyclic) bond motifs is 1. The molecule has 0 radical (unpaired) electrons. The first-order valence-corrected chi connectivity index (χ1v) is 23.1. The number of nitrogens with two attached hydrogens (primary N) is 1. The highest BCUT2D eigenvalue weighted by Gasteiger charge is 2.52. The van der Waals surface area contributed by atoms with E-state index < -0.39 is 64.9 Å². The number of carbonyl (C=O) groups is 7. The molecule has 1 unspecified atom stereocenters. The zero-order valence-electron chi connectivity index (χ0n) is 36.9. The number of nitrogens with zero attached hydrogens (tertiary/aromatic N) is 3. The summed E-state index contributed by atoms with van der Waals surface area (Å²) < 4.78 is 0. The molecule has 1 saturated heterocycles. The number of unbranched alkanes of at least 4 members (excludes halogenated alkanes) is 5. The summed E-state index contributed by atoms with van der Waals surface area (Å²) in [5.74, 6) is -3.99. The molecule has 61 heavy (non-hydrogen) atoms. The molecule has 4 aliphatic rings. The molecule has 7 N–H and O–H groups in total. The van der Waals surface area contributed by atoms with E-state index in [1.165, 1.54) is 12.4 Å². The number of hydrogen-bond acceptors (Lipinski definition) is 10. The van der Waals surface area contributed by atoms with Crippen LogP contribution in [0.25, 0.3) is 0 Å². The fourth-order valence-electron chi connectivity index (χ4n) is 9.28. The van der Waals surface area contributed by atoms with E-state index in [0.717, 1.165) is 89.9 Å². The Morgan fingerprint density at radius 3 is 2.07 bits per heavy atom. The summed E-state index contributed by atoms with van der Waals surface area (Å²) in [4.78, 5) is 106. The van der Waals surface area contributed by atoms with Crippen molar-refractivity contribution in [2.75, 3.05) is 19.6 Å². The van der Waals surface area contributed by atoms with Crippen LogP contribution in [-0.2, 0) is 24.0 Å². The number of amides is 6. The van der Waals surface area contributed by atoms with Crippen molar-refractivity contribution in [1.29, 1.82) is 0 Å². The van der Waals surface area contributed by atoms with E-state index in [4.69, 9.17) is 5.73 Å². The minimum absolute atomic E-state index is 0.00560. The van der Waals surface area contributed by atoms with E-state index in [1.54, 1.807) is 4.90 Å². The number of nitrogens with one attached hydrogen (secondary N) is 5. The van der Waals surface area contributed by atoms with E-state index in [-0.39, 0.29) is 47.5 Å². The van der Waals surface area contributed by atoms with Gasteiger partial charge in [-0.15, -0.1) is 0 Å². The molecule has 3 saturated carbocycles. The summed E-state index contributed by atoms with van der Waals surface area (Å²) in [7, 11) is 0. The Labute approximate surface area is 361 Å². The van der Waals surface area contributed by atoms with Gasteiger partial charge in [0.15, 0.2) is 0 Å². The predicted octanol–water partition coefficient (Wildman–Crippen LogP) is 3.48. The molecule has 16 heteroatoms. The van der Waals surface area contributed by atoms with Gasteiger partial charge in [-0.2, -0.15) is 0 Å². The monoisotopic (exact) mass is 850 g/mol. The minimum Gasteiger partial charge on any atom is -0.351 e. The molecule has 4 fully saturated rings. The van der Waals surface area contributed by atoms with Crippen LogP contribution in [0.15, 0.2) is 12.4 Å². The van der Waals surface area contributed by atoms with E-state index in [0.29, 0.717) is 38.9 Å². The second kappa shape index (κ2) is 22.6. The van der Waals surface area contributed by atoms with Crippen LogP contribution in [0.1, 0.15) is 164 Å². The summed E-state index contributed by atoms with van der Waals surface area (Å²) in [6.07, 6.45) is 17.9. The molecule has 6 amide bonds. The third kappa shape index (κ3) is 13.3. The van der Waals surface area contributed by atoms with Gasteiger partial charge in [0.2, 0.25) is 23.5 Å². The van der Waals surface area contributed by atoms with Crippen LogP contribution in [0.3, 0.4) is 0 Å². The standard InChI is InChI=1S/C45H71N9O7/c1-5-16-32(37(55)43(60)50-30-21-22-30)51-42(59)36-31-20-15-19-29(31)27-54(36)44(61)38(45(2,3)4)53-41(58)35(28-17-11-10-12-18-28)52-40(57)34-26-48-33(25-49-34)39(56)47-24-14-9-7-6-8-13-23-46/h25-26,28-32,35-36,38H,5-24,27,46H2,1-4H3,(H,47,56)(H,50,60)(H,51,59)(H,52,57)(H,53,58)/t29-,31?,32-,35-,36-,38+/m0/s1. The quantitative estimate of drug-likeness (QED) is 0.0735. The zero-order chi connectivity index (χ0) is 44.1. The maximum atomic E-state index is 14.8. The lowest BCUT2D eigenvalue weighted by Gasteiger charge is -2.38. The summed E-state index contributed by atoms with van der Waals surface area (Å²) in [5, 5.41) is 14.4. The normalized spacial score (nSPS) is 21.7. The lowest BCUT2D eigenvalue weighted by atomic mass is 9.82. The Morgan fingerprint density at radius 2 is 1.44 bits per heavy atom. The first kappa shape index (κ1) is 47.6. The molecule has 0 spiro atoms. The predicted molar refractivity (Wildman–Crippen MR) is 230 cm³/mol. The van der Waals surface area contributed by atoms with Gasteiger partial charge in [-0.3, -0.25) is 33.6 Å². The van der Waals surface area contributed by atoms with Gasteiger partial charge in [0.25, 0.3) is 17.7 Å². The smallest absolute Gasteiger partial charge is 0.289 e. The Hall–Kier alpha value is -4.47. The van der Waals surface area contributed by atoms with Crippen molar-refractivity contribution in [3.63, 3.8) is 0 Å². The zero-order valence-corrected chi connectivity index (χ0v) is 36.9. The van der Waals surface area contributed by atoms with E-state index in [9.17, 15) is 33.6 Å². The molecular weight excluding hydrogens is 779 g/mol. The number of likely N-dealkylation sites (tertiary alicyclic amines) is 1. The number of rotatable bonds is 22. The maximum absolute atomic E-state index is 14.8. The largest absolute Gasteiger partial charge is 0.351 e. The van der Waals surface area contributed by atoms with Crippen molar-refractivity contribution < 1.29 is 33.6 Å². The number of carbonyl (C=O) groups excluding carboxylic acids is 7.